The first-order valence-corrected chi connectivity index (χ1v) is 5.07. The number of fused-ring (bicyclic) bond motifs is 1. The molecule has 1 aliphatic rings. The van der Waals surface area contributed by atoms with Crippen molar-refractivity contribution >= 4 is 11.8 Å². The maximum Gasteiger partial charge on any atom is 0.129 e. The summed E-state index contributed by atoms with van der Waals surface area (Å²) in [6.45, 7) is 4.03. The number of nitrogens with zero attached hydrogens (tertiary/aromatic N) is 1. The zero-order chi connectivity index (χ0) is 11.9. The molecule has 0 spiro atoms. The Morgan fingerprint density at radius 2 is 1.82 bits per heavy atom. The first-order chi connectivity index (χ1) is 7.54. The number of benzene rings is 1. The summed E-state index contributed by atoms with van der Waals surface area (Å²) < 4.78 is 5.13. The summed E-state index contributed by atoms with van der Waals surface area (Å²) in [6.07, 6.45) is 0. The number of hydrogen-bond acceptors (Lipinski definition) is 3. The van der Waals surface area contributed by atoms with Gasteiger partial charge >= 0.3 is 0 Å². The van der Waals surface area contributed by atoms with Crippen LogP contribution in [0.2, 0.25) is 0 Å². The summed E-state index contributed by atoms with van der Waals surface area (Å²) in [4.78, 5) is 22.9. The number of amides is 2. The van der Waals surface area contributed by atoms with Crippen LogP contribution in [-0.2, 0) is 32.7 Å². The Morgan fingerprint density at radius 3 is 2.35 bits per heavy atom. The molecule has 4 nitrogen and oxygen atoms in total. The van der Waals surface area contributed by atoms with Crippen LogP contribution in [0.4, 0.5) is 0 Å². The van der Waals surface area contributed by atoms with Gasteiger partial charge in [-0.15, -0.1) is 0 Å². The van der Waals surface area contributed by atoms with Gasteiger partial charge in [0.15, 0.2) is 0 Å². The number of ether oxygens (including phenoxy) is 1. The van der Waals surface area contributed by atoms with Gasteiger partial charge in [0, 0.05) is 38.3 Å². The molecule has 17 heavy (non-hydrogen) atoms. The van der Waals surface area contributed by atoms with Gasteiger partial charge in [0.25, 0.3) is 0 Å². The Bertz CT molecular complexity index is 483. The standard InChI is InChI=1S/C12H13NO3.Y/c1-6(2)7-4-8-10(9(5-7)16-3)12(15)13-11(8)14;/h4-6H,1-3H3,(H,13,14,15);/p-1. The van der Waals surface area contributed by atoms with Crippen molar-refractivity contribution in [2.45, 2.75) is 19.8 Å². The van der Waals surface area contributed by atoms with Gasteiger partial charge in [-0.2, -0.15) is 0 Å². The molecule has 2 amide bonds. The number of methoxy groups -OCH3 is 1. The van der Waals surface area contributed by atoms with E-state index in [1.54, 1.807) is 12.1 Å². The molecule has 0 unspecified atom stereocenters. The molecule has 0 saturated heterocycles. The minimum atomic E-state index is -0.507. The predicted octanol–water partition coefficient (Wildman–Crippen LogP) is 2.48. The van der Waals surface area contributed by atoms with Crippen LogP contribution in [0.25, 0.3) is 5.32 Å². The molecule has 0 fully saturated rings. The molecule has 1 aliphatic heterocycles. The fraction of sp³-hybridized carbons (Fsp3) is 0.333. The molecule has 1 aromatic carbocycles. The van der Waals surface area contributed by atoms with Crippen molar-refractivity contribution in [1.82, 2.24) is 0 Å². The average molecular weight is 307 g/mol. The molecule has 0 atom stereocenters. The second kappa shape index (κ2) is 5.27. The number of carbonyl (C=O) groups excluding carboxylic acids is 2. The minimum absolute atomic E-state index is 0. The van der Waals surface area contributed by atoms with Crippen LogP contribution in [0.1, 0.15) is 46.0 Å². The van der Waals surface area contributed by atoms with Gasteiger partial charge in [0.05, 0.1) is 24.5 Å². The summed E-state index contributed by atoms with van der Waals surface area (Å²) >= 11 is 0. The summed E-state index contributed by atoms with van der Waals surface area (Å²) in [5, 5.41) is 3.41. The van der Waals surface area contributed by atoms with Crippen molar-refractivity contribution in [1.29, 1.82) is 0 Å². The van der Waals surface area contributed by atoms with Crippen LogP contribution >= 0.6 is 0 Å². The van der Waals surface area contributed by atoms with Crippen LogP contribution in [0.5, 0.6) is 5.75 Å². The molecule has 0 aliphatic carbocycles. The largest absolute Gasteiger partial charge is 0.587 e. The Balaban J connectivity index is 0.00000144. The van der Waals surface area contributed by atoms with E-state index in [4.69, 9.17) is 4.74 Å². The Hall–Kier alpha value is -0.736. The van der Waals surface area contributed by atoms with E-state index in [1.807, 2.05) is 13.8 Å². The van der Waals surface area contributed by atoms with Crippen LogP contribution in [0, 0.1) is 0 Å². The summed E-state index contributed by atoms with van der Waals surface area (Å²) in [6, 6.07) is 3.51. The second-order valence-corrected chi connectivity index (χ2v) is 4.02. The Labute approximate surface area is 125 Å². The van der Waals surface area contributed by atoms with Gasteiger partial charge in [-0.25, -0.2) is 0 Å². The topological polar surface area (TPSA) is 57.5 Å². The normalized spacial score (nSPS) is 13.2. The third-order valence-corrected chi connectivity index (χ3v) is 2.66. The fourth-order valence-electron chi connectivity index (χ4n) is 1.73. The number of imide groups is 1. The minimum Gasteiger partial charge on any atom is -0.587 e. The SMILES string of the molecule is COc1cc(C(C)C)cc2c1C(=O)[N-]C2=O.[Y]. The zero-order valence-electron chi connectivity index (χ0n) is 9.98. The second-order valence-electron chi connectivity index (χ2n) is 4.02. The van der Waals surface area contributed by atoms with E-state index in [0.29, 0.717) is 11.3 Å². The maximum absolute atomic E-state index is 11.5. The Morgan fingerprint density at radius 1 is 1.18 bits per heavy atom. The fourth-order valence-corrected chi connectivity index (χ4v) is 1.73. The molecular weight excluding hydrogens is 295 g/mol. The maximum atomic E-state index is 11.5. The third kappa shape index (κ3) is 2.43. The number of carbonyl (C=O) groups is 2. The molecule has 2 rings (SSSR count). The van der Waals surface area contributed by atoms with E-state index < -0.39 is 11.8 Å². The van der Waals surface area contributed by atoms with Crippen molar-refractivity contribution in [2.24, 2.45) is 0 Å². The monoisotopic (exact) mass is 307 g/mol. The summed E-state index contributed by atoms with van der Waals surface area (Å²) in [7, 11) is 1.48. The number of hydrogen-bond donors (Lipinski definition) is 0. The Kier molecular flexibility index (Phi) is 4.45. The smallest absolute Gasteiger partial charge is 0.129 e. The van der Waals surface area contributed by atoms with Gasteiger partial charge in [-0.05, 0) is 23.6 Å². The van der Waals surface area contributed by atoms with E-state index in [0.717, 1.165) is 5.56 Å². The molecule has 1 heterocycles. The molecule has 0 bridgehead atoms. The van der Waals surface area contributed by atoms with Gasteiger partial charge in [0.1, 0.15) is 5.75 Å². The summed E-state index contributed by atoms with van der Waals surface area (Å²) in [5.41, 5.74) is 1.61. The van der Waals surface area contributed by atoms with Crippen molar-refractivity contribution in [3.8, 4) is 5.75 Å². The molecule has 0 saturated carbocycles. The quantitative estimate of drug-likeness (QED) is 0.789. The van der Waals surface area contributed by atoms with E-state index in [1.165, 1.54) is 7.11 Å². The molecule has 1 aromatic rings. The van der Waals surface area contributed by atoms with Crippen molar-refractivity contribution in [3.05, 3.63) is 34.1 Å². The summed E-state index contributed by atoms with van der Waals surface area (Å²) in [5.74, 6) is -0.281. The van der Waals surface area contributed by atoms with E-state index in [9.17, 15) is 9.59 Å². The van der Waals surface area contributed by atoms with Crippen LogP contribution in [-0.4, -0.2) is 18.9 Å². The van der Waals surface area contributed by atoms with Gasteiger partial charge in [-0.1, -0.05) is 13.8 Å². The van der Waals surface area contributed by atoms with E-state index >= 15 is 0 Å². The first kappa shape index (κ1) is 14.3. The molecule has 1 radical (unpaired) electrons. The molecule has 5 heteroatoms. The van der Waals surface area contributed by atoms with Crippen molar-refractivity contribution in [3.63, 3.8) is 0 Å². The average Bonchev–Trinajstić information content (AvgIpc) is 2.53. The molecule has 0 aromatic heterocycles. The van der Waals surface area contributed by atoms with Crippen LogP contribution in [0.15, 0.2) is 12.1 Å². The molecule has 0 N–H and O–H groups in total. The van der Waals surface area contributed by atoms with Crippen LogP contribution in [0.3, 0.4) is 0 Å². The van der Waals surface area contributed by atoms with E-state index in [-0.39, 0.29) is 44.2 Å². The van der Waals surface area contributed by atoms with Crippen molar-refractivity contribution in [2.75, 3.05) is 7.11 Å². The van der Waals surface area contributed by atoms with Gasteiger partial charge in [-0.3, -0.25) is 0 Å². The van der Waals surface area contributed by atoms with Gasteiger partial charge < -0.3 is 19.6 Å². The van der Waals surface area contributed by atoms with Gasteiger partial charge in [0.2, 0.25) is 0 Å². The molecule has 87 valence electrons. The predicted molar refractivity (Wildman–Crippen MR) is 59.1 cm³/mol. The van der Waals surface area contributed by atoms with Crippen molar-refractivity contribution < 1.29 is 47.0 Å². The molecular formula is C12H12NO3Y-. The zero-order valence-corrected chi connectivity index (χ0v) is 12.8. The number of rotatable bonds is 2. The van der Waals surface area contributed by atoms with Crippen LogP contribution < -0.4 is 4.74 Å². The van der Waals surface area contributed by atoms with E-state index in [2.05, 4.69) is 5.32 Å². The first-order valence-electron chi connectivity index (χ1n) is 5.07. The third-order valence-electron chi connectivity index (χ3n) is 2.66.